The first-order valence-corrected chi connectivity index (χ1v) is 7.31. The molecule has 1 heterocycles. The van der Waals surface area contributed by atoms with Crippen LogP contribution in [0.2, 0.25) is 0 Å². The molecule has 0 aromatic heterocycles. The first-order chi connectivity index (χ1) is 8.27. The molecule has 1 amide bonds. The molecule has 1 aliphatic heterocycles. The fraction of sp³-hybridized carbons (Fsp3) is 0.929. The molecule has 0 spiro atoms. The molecule has 2 aliphatic rings. The monoisotopic (exact) mass is 238 g/mol. The molecule has 0 radical (unpaired) electrons. The summed E-state index contributed by atoms with van der Waals surface area (Å²) in [5, 5.41) is 6.70. The fourth-order valence-corrected chi connectivity index (χ4v) is 3.08. The Hall–Kier alpha value is -0.570. The lowest BCUT2D eigenvalue weighted by Crippen LogP contribution is -2.53. The van der Waals surface area contributed by atoms with Crippen LogP contribution in [0.15, 0.2) is 0 Å². The highest BCUT2D eigenvalue weighted by molar-refractivity contribution is 5.79. The maximum Gasteiger partial charge on any atom is 0.223 e. The van der Waals surface area contributed by atoms with E-state index in [1.165, 1.54) is 32.1 Å². The van der Waals surface area contributed by atoms with Crippen LogP contribution in [0, 0.1) is 5.92 Å². The van der Waals surface area contributed by atoms with Gasteiger partial charge in [-0.1, -0.05) is 25.7 Å². The molecule has 3 heteroatoms. The number of piperidine rings is 1. The van der Waals surface area contributed by atoms with Crippen molar-refractivity contribution < 1.29 is 4.79 Å². The van der Waals surface area contributed by atoms with Crippen molar-refractivity contribution in [3.05, 3.63) is 0 Å². The lowest BCUT2D eigenvalue weighted by molar-refractivity contribution is -0.126. The van der Waals surface area contributed by atoms with Gasteiger partial charge < -0.3 is 10.6 Å². The summed E-state index contributed by atoms with van der Waals surface area (Å²) in [5.74, 6) is 0.596. The number of carbonyl (C=O) groups excluding carboxylic acids is 1. The van der Waals surface area contributed by atoms with E-state index in [0.29, 0.717) is 18.0 Å². The van der Waals surface area contributed by atoms with E-state index < -0.39 is 0 Å². The van der Waals surface area contributed by atoms with Gasteiger partial charge in [0.1, 0.15) is 0 Å². The first-order valence-electron chi connectivity index (χ1n) is 7.31. The van der Waals surface area contributed by atoms with Crippen LogP contribution in [0.3, 0.4) is 0 Å². The second-order valence-electron chi connectivity index (χ2n) is 5.69. The zero-order valence-corrected chi connectivity index (χ0v) is 11.0. The average Bonchev–Trinajstić information content (AvgIpc) is 2.61. The Balaban J connectivity index is 1.82. The van der Waals surface area contributed by atoms with Crippen LogP contribution >= 0.6 is 0 Å². The van der Waals surface area contributed by atoms with E-state index >= 15 is 0 Å². The number of amides is 1. The van der Waals surface area contributed by atoms with Gasteiger partial charge in [-0.2, -0.15) is 0 Å². The minimum atomic E-state index is 0.284. The molecular formula is C14H26N2O. The topological polar surface area (TPSA) is 41.1 Å². The SMILES string of the molecule is CC1NCCCC1NC(=O)C1CCCCCC1. The molecule has 1 aliphatic carbocycles. The first kappa shape index (κ1) is 12.9. The highest BCUT2D eigenvalue weighted by Crippen LogP contribution is 2.23. The van der Waals surface area contributed by atoms with Gasteiger partial charge in [0, 0.05) is 18.0 Å². The molecule has 2 atom stereocenters. The third-order valence-corrected chi connectivity index (χ3v) is 4.32. The highest BCUT2D eigenvalue weighted by atomic mass is 16.1. The molecule has 2 fully saturated rings. The van der Waals surface area contributed by atoms with Gasteiger partial charge >= 0.3 is 0 Å². The van der Waals surface area contributed by atoms with E-state index in [-0.39, 0.29) is 5.92 Å². The van der Waals surface area contributed by atoms with E-state index in [1.54, 1.807) is 0 Å². The maximum absolute atomic E-state index is 12.2. The summed E-state index contributed by atoms with van der Waals surface area (Å²) >= 11 is 0. The van der Waals surface area contributed by atoms with Crippen LogP contribution in [0.5, 0.6) is 0 Å². The highest BCUT2D eigenvalue weighted by Gasteiger charge is 2.26. The number of rotatable bonds is 2. The van der Waals surface area contributed by atoms with Gasteiger partial charge in [0.25, 0.3) is 0 Å². The Morgan fingerprint density at radius 2 is 1.76 bits per heavy atom. The summed E-state index contributed by atoms with van der Waals surface area (Å²) in [6.45, 7) is 3.27. The maximum atomic E-state index is 12.2. The molecule has 2 rings (SSSR count). The number of hydrogen-bond donors (Lipinski definition) is 2. The molecule has 0 aromatic carbocycles. The van der Waals surface area contributed by atoms with Crippen LogP contribution in [0.25, 0.3) is 0 Å². The van der Waals surface area contributed by atoms with Crippen LogP contribution < -0.4 is 10.6 Å². The Bertz CT molecular complexity index is 247. The van der Waals surface area contributed by atoms with Crippen molar-refractivity contribution in [1.82, 2.24) is 10.6 Å². The van der Waals surface area contributed by atoms with Crippen molar-refractivity contribution in [2.75, 3.05) is 6.54 Å². The van der Waals surface area contributed by atoms with Crippen molar-refractivity contribution in [2.24, 2.45) is 5.92 Å². The van der Waals surface area contributed by atoms with Crippen LogP contribution in [0.1, 0.15) is 58.3 Å². The average molecular weight is 238 g/mol. The van der Waals surface area contributed by atoms with Crippen LogP contribution in [0.4, 0.5) is 0 Å². The molecule has 0 bridgehead atoms. The van der Waals surface area contributed by atoms with Gasteiger partial charge in [0.2, 0.25) is 5.91 Å². The fourth-order valence-electron chi connectivity index (χ4n) is 3.08. The molecular weight excluding hydrogens is 212 g/mol. The zero-order chi connectivity index (χ0) is 12.1. The summed E-state index contributed by atoms with van der Waals surface area (Å²) in [6, 6.07) is 0.776. The van der Waals surface area contributed by atoms with Crippen molar-refractivity contribution in [1.29, 1.82) is 0 Å². The molecule has 0 aromatic rings. The minimum absolute atomic E-state index is 0.284. The van der Waals surface area contributed by atoms with E-state index in [0.717, 1.165) is 25.8 Å². The third kappa shape index (κ3) is 3.70. The van der Waals surface area contributed by atoms with Gasteiger partial charge in [-0.05, 0) is 39.2 Å². The lowest BCUT2D eigenvalue weighted by atomic mass is 9.96. The molecule has 2 unspecified atom stereocenters. The summed E-state index contributed by atoms with van der Waals surface area (Å²) < 4.78 is 0. The summed E-state index contributed by atoms with van der Waals surface area (Å²) in [7, 11) is 0. The molecule has 17 heavy (non-hydrogen) atoms. The quantitative estimate of drug-likeness (QED) is 0.724. The minimum Gasteiger partial charge on any atom is -0.352 e. The predicted octanol–water partition coefficient (Wildman–Crippen LogP) is 2.21. The van der Waals surface area contributed by atoms with E-state index in [4.69, 9.17) is 0 Å². The van der Waals surface area contributed by atoms with Crippen LogP contribution in [-0.2, 0) is 4.79 Å². The van der Waals surface area contributed by atoms with Gasteiger partial charge in [-0.15, -0.1) is 0 Å². The zero-order valence-electron chi connectivity index (χ0n) is 11.0. The Morgan fingerprint density at radius 1 is 1.06 bits per heavy atom. The second kappa shape index (κ2) is 6.39. The summed E-state index contributed by atoms with van der Waals surface area (Å²) in [4.78, 5) is 12.2. The Morgan fingerprint density at radius 3 is 2.41 bits per heavy atom. The van der Waals surface area contributed by atoms with Crippen molar-refractivity contribution in [2.45, 2.75) is 70.4 Å². The molecule has 3 nitrogen and oxygen atoms in total. The van der Waals surface area contributed by atoms with Gasteiger partial charge in [-0.25, -0.2) is 0 Å². The predicted molar refractivity (Wildman–Crippen MR) is 69.8 cm³/mol. The summed E-state index contributed by atoms with van der Waals surface area (Å²) in [6.07, 6.45) is 9.59. The largest absolute Gasteiger partial charge is 0.352 e. The number of hydrogen-bond acceptors (Lipinski definition) is 2. The van der Waals surface area contributed by atoms with Crippen molar-refractivity contribution in [3.63, 3.8) is 0 Å². The van der Waals surface area contributed by atoms with E-state index in [1.807, 2.05) is 0 Å². The van der Waals surface area contributed by atoms with Gasteiger partial charge in [0.15, 0.2) is 0 Å². The van der Waals surface area contributed by atoms with E-state index in [9.17, 15) is 4.79 Å². The molecule has 1 saturated heterocycles. The third-order valence-electron chi connectivity index (χ3n) is 4.32. The normalized spacial score (nSPS) is 31.8. The van der Waals surface area contributed by atoms with E-state index in [2.05, 4.69) is 17.6 Å². The Kier molecular flexibility index (Phi) is 4.84. The number of carbonyl (C=O) groups is 1. The molecule has 2 N–H and O–H groups in total. The Labute approximate surface area is 105 Å². The molecule has 1 saturated carbocycles. The van der Waals surface area contributed by atoms with Crippen molar-refractivity contribution >= 4 is 5.91 Å². The number of nitrogens with one attached hydrogen (secondary N) is 2. The van der Waals surface area contributed by atoms with Crippen LogP contribution in [-0.4, -0.2) is 24.5 Å². The molecule has 98 valence electrons. The summed E-state index contributed by atoms with van der Waals surface area (Å²) in [5.41, 5.74) is 0. The van der Waals surface area contributed by atoms with Gasteiger partial charge in [-0.3, -0.25) is 4.79 Å². The van der Waals surface area contributed by atoms with Crippen molar-refractivity contribution in [3.8, 4) is 0 Å². The lowest BCUT2D eigenvalue weighted by Gasteiger charge is -2.31. The second-order valence-corrected chi connectivity index (χ2v) is 5.69. The standard InChI is InChI=1S/C14H26N2O/c1-11-13(9-6-10-15-11)16-14(17)12-7-4-2-3-5-8-12/h11-13,15H,2-10H2,1H3,(H,16,17). The smallest absolute Gasteiger partial charge is 0.223 e. The van der Waals surface area contributed by atoms with Gasteiger partial charge in [0.05, 0.1) is 0 Å².